The standard InChI is InChI=1S/C29H37N5O6S/c1-17(35)25(28(38)33-24(29(39)40)15-19-16-31-22-11-7-6-10-20(19)22)34-27(37)23(12-13-41-2)32-26(36)21(30)14-18-8-4-3-5-9-18/h3-11,16-17,21,23-25,31,35H,12-15,30H2,1-2H3,(H,32,36)(H,33,38)(H,34,37)(H,39,40). The monoisotopic (exact) mass is 583 g/mol. The average Bonchev–Trinajstić information content (AvgIpc) is 3.36. The minimum absolute atomic E-state index is 0.0166. The van der Waals surface area contributed by atoms with Crippen molar-refractivity contribution in [3.8, 4) is 0 Å². The Morgan fingerprint density at radius 2 is 1.56 bits per heavy atom. The van der Waals surface area contributed by atoms with Crippen LogP contribution in [0.3, 0.4) is 0 Å². The molecule has 3 rings (SSSR count). The highest BCUT2D eigenvalue weighted by Gasteiger charge is 2.33. The number of aliphatic hydroxyl groups is 1. The van der Waals surface area contributed by atoms with Crippen LogP contribution in [0.2, 0.25) is 0 Å². The molecule has 8 N–H and O–H groups in total. The third-order valence-corrected chi connectivity index (χ3v) is 7.30. The van der Waals surface area contributed by atoms with Crippen LogP contribution in [0, 0.1) is 0 Å². The van der Waals surface area contributed by atoms with Gasteiger partial charge in [0.2, 0.25) is 17.7 Å². The van der Waals surface area contributed by atoms with E-state index in [4.69, 9.17) is 5.73 Å². The number of aromatic amines is 1. The van der Waals surface area contributed by atoms with E-state index in [2.05, 4.69) is 20.9 Å². The van der Waals surface area contributed by atoms with Crippen molar-refractivity contribution < 1.29 is 29.4 Å². The number of amides is 3. The Bertz CT molecular complexity index is 1330. The Morgan fingerprint density at radius 1 is 0.902 bits per heavy atom. The zero-order valence-electron chi connectivity index (χ0n) is 23.0. The van der Waals surface area contributed by atoms with Gasteiger partial charge in [-0.25, -0.2) is 4.79 Å². The Labute approximate surface area is 242 Å². The minimum atomic E-state index is -1.46. The van der Waals surface area contributed by atoms with Gasteiger partial charge in [-0.05, 0) is 49.0 Å². The number of hydrogen-bond acceptors (Lipinski definition) is 7. The molecule has 0 bridgehead atoms. The number of aliphatic hydroxyl groups excluding tert-OH is 1. The summed E-state index contributed by atoms with van der Waals surface area (Å²) in [5.74, 6) is -2.82. The van der Waals surface area contributed by atoms with Gasteiger partial charge in [0.25, 0.3) is 0 Å². The van der Waals surface area contributed by atoms with Gasteiger partial charge in [0.15, 0.2) is 0 Å². The molecule has 41 heavy (non-hydrogen) atoms. The Balaban J connectivity index is 1.68. The largest absolute Gasteiger partial charge is 0.480 e. The fourth-order valence-corrected chi connectivity index (χ4v) is 4.86. The molecule has 0 saturated carbocycles. The number of carboxylic acids is 1. The number of aliphatic carboxylic acids is 1. The van der Waals surface area contributed by atoms with Crippen LogP contribution < -0.4 is 21.7 Å². The molecule has 2 aromatic carbocycles. The predicted molar refractivity (Wildman–Crippen MR) is 158 cm³/mol. The van der Waals surface area contributed by atoms with Crippen molar-refractivity contribution in [2.45, 2.75) is 56.5 Å². The normalized spacial score (nSPS) is 14.8. The lowest BCUT2D eigenvalue weighted by atomic mass is 10.0. The molecule has 11 nitrogen and oxygen atoms in total. The van der Waals surface area contributed by atoms with Crippen LogP contribution in [0.25, 0.3) is 10.9 Å². The summed E-state index contributed by atoms with van der Waals surface area (Å²) in [6.45, 7) is 1.31. The first-order chi connectivity index (χ1) is 19.6. The number of aromatic nitrogens is 1. The molecule has 0 spiro atoms. The molecule has 5 unspecified atom stereocenters. The Hall–Kier alpha value is -3.87. The smallest absolute Gasteiger partial charge is 0.326 e. The van der Waals surface area contributed by atoms with Crippen LogP contribution in [0.1, 0.15) is 24.5 Å². The van der Waals surface area contributed by atoms with E-state index in [1.807, 2.05) is 60.9 Å². The van der Waals surface area contributed by atoms with E-state index in [-0.39, 0.29) is 19.3 Å². The summed E-state index contributed by atoms with van der Waals surface area (Å²) in [7, 11) is 0. The fourth-order valence-electron chi connectivity index (χ4n) is 4.39. The number of thioether (sulfide) groups is 1. The highest BCUT2D eigenvalue weighted by Crippen LogP contribution is 2.19. The quantitative estimate of drug-likeness (QED) is 0.138. The molecule has 12 heteroatoms. The second kappa shape index (κ2) is 15.2. The van der Waals surface area contributed by atoms with Crippen molar-refractivity contribution in [3.05, 3.63) is 71.9 Å². The van der Waals surface area contributed by atoms with Gasteiger partial charge in [-0.15, -0.1) is 0 Å². The number of nitrogens with two attached hydrogens (primary N) is 1. The number of hydrogen-bond donors (Lipinski definition) is 7. The minimum Gasteiger partial charge on any atom is -0.480 e. The Kier molecular flexibility index (Phi) is 11.7. The molecule has 3 aromatic rings. The maximum atomic E-state index is 13.2. The molecule has 1 aromatic heterocycles. The van der Waals surface area contributed by atoms with E-state index in [1.54, 1.807) is 6.20 Å². The maximum Gasteiger partial charge on any atom is 0.326 e. The van der Waals surface area contributed by atoms with E-state index in [9.17, 15) is 29.4 Å². The van der Waals surface area contributed by atoms with Crippen LogP contribution >= 0.6 is 11.8 Å². The number of carbonyl (C=O) groups is 4. The van der Waals surface area contributed by atoms with E-state index >= 15 is 0 Å². The van der Waals surface area contributed by atoms with Gasteiger partial charge in [-0.1, -0.05) is 48.5 Å². The van der Waals surface area contributed by atoms with Crippen molar-refractivity contribution in [2.75, 3.05) is 12.0 Å². The van der Waals surface area contributed by atoms with Crippen LogP contribution in [-0.2, 0) is 32.0 Å². The summed E-state index contributed by atoms with van der Waals surface area (Å²) >= 11 is 1.47. The second-order valence-corrected chi connectivity index (χ2v) is 10.8. The van der Waals surface area contributed by atoms with Crippen molar-refractivity contribution in [3.63, 3.8) is 0 Å². The van der Waals surface area contributed by atoms with Gasteiger partial charge >= 0.3 is 5.97 Å². The number of fused-ring (bicyclic) bond motifs is 1. The maximum absolute atomic E-state index is 13.2. The molecule has 0 aliphatic rings. The SMILES string of the molecule is CSCCC(NC(=O)C(N)Cc1ccccc1)C(=O)NC(C(=O)NC(Cc1c[nH]c2ccccc12)C(=O)O)C(C)O. The topological polar surface area (TPSA) is 187 Å². The van der Waals surface area contributed by atoms with Crippen molar-refractivity contribution in [2.24, 2.45) is 5.73 Å². The molecule has 0 fully saturated rings. The van der Waals surface area contributed by atoms with Gasteiger partial charge in [0.05, 0.1) is 12.1 Å². The van der Waals surface area contributed by atoms with E-state index in [0.717, 1.165) is 16.5 Å². The van der Waals surface area contributed by atoms with Crippen LogP contribution in [0.15, 0.2) is 60.8 Å². The number of carboxylic acid groups (broad SMARTS) is 1. The molecule has 0 aliphatic carbocycles. The molecule has 0 saturated heterocycles. The van der Waals surface area contributed by atoms with Crippen LogP contribution in [0.5, 0.6) is 0 Å². The van der Waals surface area contributed by atoms with E-state index < -0.39 is 54.0 Å². The summed E-state index contributed by atoms with van der Waals surface area (Å²) in [5.41, 5.74) is 8.47. The van der Waals surface area contributed by atoms with Gasteiger partial charge in [0.1, 0.15) is 18.1 Å². The number of para-hydroxylation sites is 1. The number of benzene rings is 2. The number of rotatable bonds is 15. The molecule has 1 heterocycles. The third-order valence-electron chi connectivity index (χ3n) is 6.66. The second-order valence-electron chi connectivity index (χ2n) is 9.83. The summed E-state index contributed by atoms with van der Waals surface area (Å²) in [6.07, 6.45) is 2.69. The van der Waals surface area contributed by atoms with Gasteiger partial charge in [-0.2, -0.15) is 11.8 Å². The van der Waals surface area contributed by atoms with E-state index in [0.29, 0.717) is 11.3 Å². The summed E-state index contributed by atoms with van der Waals surface area (Å²) in [5, 5.41) is 28.5. The number of H-pyrrole nitrogens is 1. The summed E-state index contributed by atoms with van der Waals surface area (Å²) < 4.78 is 0. The molecular formula is C29H37N5O6S. The highest BCUT2D eigenvalue weighted by molar-refractivity contribution is 7.98. The molecule has 220 valence electrons. The zero-order chi connectivity index (χ0) is 29.9. The van der Waals surface area contributed by atoms with Crippen molar-refractivity contribution >= 4 is 46.4 Å². The summed E-state index contributed by atoms with van der Waals surface area (Å²) in [4.78, 5) is 54.3. The molecule has 3 amide bonds. The van der Waals surface area contributed by atoms with Gasteiger partial charge < -0.3 is 36.9 Å². The number of carbonyl (C=O) groups excluding carboxylic acids is 3. The average molecular weight is 584 g/mol. The summed E-state index contributed by atoms with van der Waals surface area (Å²) in [6, 6.07) is 11.9. The van der Waals surface area contributed by atoms with Gasteiger partial charge in [0, 0.05) is 23.5 Å². The van der Waals surface area contributed by atoms with Crippen LogP contribution in [0.4, 0.5) is 0 Å². The predicted octanol–water partition coefficient (Wildman–Crippen LogP) is 0.953. The lowest BCUT2D eigenvalue weighted by Gasteiger charge is -2.26. The molecule has 0 radical (unpaired) electrons. The molecular weight excluding hydrogens is 546 g/mol. The lowest BCUT2D eigenvalue weighted by Crippen LogP contribution is -2.60. The number of nitrogens with one attached hydrogen (secondary N) is 4. The van der Waals surface area contributed by atoms with Crippen molar-refractivity contribution in [1.29, 1.82) is 0 Å². The van der Waals surface area contributed by atoms with Crippen molar-refractivity contribution in [1.82, 2.24) is 20.9 Å². The zero-order valence-corrected chi connectivity index (χ0v) is 23.8. The third kappa shape index (κ3) is 9.07. The van der Waals surface area contributed by atoms with Crippen LogP contribution in [-0.4, -0.2) is 81.2 Å². The lowest BCUT2D eigenvalue weighted by molar-refractivity contribution is -0.143. The van der Waals surface area contributed by atoms with E-state index in [1.165, 1.54) is 18.7 Å². The highest BCUT2D eigenvalue weighted by atomic mass is 32.2. The van der Waals surface area contributed by atoms with Gasteiger partial charge in [-0.3, -0.25) is 14.4 Å². The first kappa shape index (κ1) is 31.7. The first-order valence-electron chi connectivity index (χ1n) is 13.3. The molecule has 5 atom stereocenters. The first-order valence-corrected chi connectivity index (χ1v) is 14.7. The fraction of sp³-hybridized carbons (Fsp3) is 0.379. The Morgan fingerprint density at radius 3 is 2.22 bits per heavy atom. The molecule has 0 aliphatic heterocycles.